The van der Waals surface area contributed by atoms with Crippen LogP contribution in [0.15, 0.2) is 18.5 Å². The summed E-state index contributed by atoms with van der Waals surface area (Å²) in [7, 11) is 1.80. The van der Waals surface area contributed by atoms with Crippen LogP contribution in [-0.2, 0) is 0 Å². The van der Waals surface area contributed by atoms with Crippen LogP contribution in [-0.4, -0.2) is 22.0 Å². The fraction of sp³-hybridized carbons (Fsp3) is 0.357. The topological polar surface area (TPSA) is 50.7 Å². The van der Waals surface area contributed by atoms with Crippen molar-refractivity contribution < 1.29 is 4.39 Å². The summed E-state index contributed by atoms with van der Waals surface area (Å²) in [4.78, 5) is 12.7. The first kappa shape index (κ1) is 13.4. The largest absolute Gasteiger partial charge is 0.373 e. The molecule has 0 unspecified atom stereocenters. The second kappa shape index (κ2) is 5.30. The molecule has 19 heavy (non-hydrogen) atoms. The highest BCUT2D eigenvalue weighted by molar-refractivity contribution is 5.68. The van der Waals surface area contributed by atoms with Crippen LogP contribution in [0.1, 0.15) is 31.2 Å². The Morgan fingerprint density at radius 3 is 2.58 bits per heavy atom. The fourth-order valence-electron chi connectivity index (χ4n) is 1.87. The molecule has 0 saturated heterocycles. The molecule has 0 saturated carbocycles. The molecule has 0 aliphatic carbocycles. The van der Waals surface area contributed by atoms with Crippen LogP contribution < -0.4 is 5.32 Å². The average Bonchev–Trinajstić information content (AvgIpc) is 2.39. The SMILES string of the molecule is CNc1nc(C(C)C)nc(-c2ccncc2F)c1C. The third kappa shape index (κ3) is 2.54. The molecule has 1 N–H and O–H groups in total. The molecule has 2 heterocycles. The number of rotatable bonds is 3. The normalized spacial score (nSPS) is 10.8. The van der Waals surface area contributed by atoms with E-state index in [0.717, 1.165) is 11.4 Å². The van der Waals surface area contributed by atoms with Crippen molar-refractivity contribution in [2.45, 2.75) is 26.7 Å². The van der Waals surface area contributed by atoms with Crippen molar-refractivity contribution in [1.29, 1.82) is 0 Å². The first-order valence-corrected chi connectivity index (χ1v) is 6.20. The number of nitrogens with zero attached hydrogens (tertiary/aromatic N) is 3. The first-order chi connectivity index (χ1) is 9.04. The van der Waals surface area contributed by atoms with Gasteiger partial charge in [0.25, 0.3) is 0 Å². The van der Waals surface area contributed by atoms with Crippen LogP contribution in [0.5, 0.6) is 0 Å². The molecule has 0 amide bonds. The minimum atomic E-state index is -0.374. The Hall–Kier alpha value is -2.04. The molecule has 4 nitrogen and oxygen atoms in total. The van der Waals surface area contributed by atoms with Crippen LogP contribution in [0.25, 0.3) is 11.3 Å². The zero-order chi connectivity index (χ0) is 14.0. The van der Waals surface area contributed by atoms with E-state index in [1.54, 1.807) is 19.3 Å². The number of aromatic nitrogens is 3. The lowest BCUT2D eigenvalue weighted by Gasteiger charge is -2.14. The van der Waals surface area contributed by atoms with Gasteiger partial charge < -0.3 is 5.32 Å². The molecule has 2 rings (SSSR count). The highest BCUT2D eigenvalue weighted by Gasteiger charge is 2.16. The number of pyridine rings is 1. The molecule has 0 aliphatic rings. The maximum atomic E-state index is 13.9. The van der Waals surface area contributed by atoms with Crippen molar-refractivity contribution in [3.05, 3.63) is 35.7 Å². The third-order valence-corrected chi connectivity index (χ3v) is 2.94. The van der Waals surface area contributed by atoms with Crippen LogP contribution in [0.2, 0.25) is 0 Å². The fourth-order valence-corrected chi connectivity index (χ4v) is 1.87. The molecule has 2 aromatic rings. The van der Waals surface area contributed by atoms with Crippen molar-refractivity contribution >= 4 is 5.82 Å². The van der Waals surface area contributed by atoms with Crippen molar-refractivity contribution in [3.63, 3.8) is 0 Å². The molecule has 0 bridgehead atoms. The van der Waals surface area contributed by atoms with E-state index in [0.29, 0.717) is 17.1 Å². The lowest BCUT2D eigenvalue weighted by molar-refractivity contribution is 0.623. The summed E-state index contributed by atoms with van der Waals surface area (Å²) in [5.74, 6) is 1.23. The molecular formula is C14H17FN4. The quantitative estimate of drug-likeness (QED) is 0.921. The lowest BCUT2D eigenvalue weighted by atomic mass is 10.1. The Kier molecular flexibility index (Phi) is 3.74. The van der Waals surface area contributed by atoms with Gasteiger partial charge in [-0.05, 0) is 13.0 Å². The predicted octanol–water partition coefficient (Wildman–Crippen LogP) is 3.15. The van der Waals surface area contributed by atoms with E-state index in [9.17, 15) is 4.39 Å². The van der Waals surface area contributed by atoms with Gasteiger partial charge in [0.1, 0.15) is 11.6 Å². The summed E-state index contributed by atoms with van der Waals surface area (Å²) >= 11 is 0. The van der Waals surface area contributed by atoms with Crippen LogP contribution in [0, 0.1) is 12.7 Å². The molecule has 0 aliphatic heterocycles. The van der Waals surface area contributed by atoms with Gasteiger partial charge in [-0.15, -0.1) is 0 Å². The molecule has 0 atom stereocenters. The van der Waals surface area contributed by atoms with Crippen molar-refractivity contribution in [2.24, 2.45) is 0 Å². The average molecular weight is 260 g/mol. The van der Waals surface area contributed by atoms with E-state index in [1.807, 2.05) is 20.8 Å². The van der Waals surface area contributed by atoms with Crippen molar-refractivity contribution in [1.82, 2.24) is 15.0 Å². The molecular weight excluding hydrogens is 243 g/mol. The van der Waals surface area contributed by atoms with E-state index >= 15 is 0 Å². The van der Waals surface area contributed by atoms with Gasteiger partial charge in [0.2, 0.25) is 0 Å². The van der Waals surface area contributed by atoms with Gasteiger partial charge in [0.05, 0.1) is 11.9 Å². The Balaban J connectivity index is 2.69. The number of hydrogen-bond donors (Lipinski definition) is 1. The van der Waals surface area contributed by atoms with Gasteiger partial charge in [-0.2, -0.15) is 0 Å². The Labute approximate surface area is 112 Å². The minimum absolute atomic E-state index is 0.177. The molecule has 100 valence electrons. The number of hydrogen-bond acceptors (Lipinski definition) is 4. The molecule has 0 spiro atoms. The Morgan fingerprint density at radius 1 is 1.26 bits per heavy atom. The smallest absolute Gasteiger partial charge is 0.150 e. The van der Waals surface area contributed by atoms with Crippen LogP contribution >= 0.6 is 0 Å². The van der Waals surface area contributed by atoms with Gasteiger partial charge in [-0.3, -0.25) is 4.98 Å². The molecule has 0 radical (unpaired) electrons. The molecule has 5 heteroatoms. The van der Waals surface area contributed by atoms with E-state index in [4.69, 9.17) is 0 Å². The number of nitrogens with one attached hydrogen (secondary N) is 1. The van der Waals surface area contributed by atoms with Crippen molar-refractivity contribution in [2.75, 3.05) is 12.4 Å². The first-order valence-electron chi connectivity index (χ1n) is 6.20. The summed E-state index contributed by atoms with van der Waals surface area (Å²) in [5.41, 5.74) is 1.90. The maximum Gasteiger partial charge on any atom is 0.150 e. The van der Waals surface area contributed by atoms with E-state index in [-0.39, 0.29) is 11.7 Å². The summed E-state index contributed by atoms with van der Waals surface area (Å²) in [6.07, 6.45) is 2.76. The Morgan fingerprint density at radius 2 is 2.00 bits per heavy atom. The Bertz CT molecular complexity index is 596. The standard InChI is InChI=1S/C14H17FN4/c1-8(2)13-18-12(9(3)14(16-4)19-13)10-5-6-17-7-11(10)15/h5-8H,1-4H3,(H,16,18,19). The van der Waals surface area contributed by atoms with Gasteiger partial charge in [0, 0.05) is 30.3 Å². The second-order valence-corrected chi connectivity index (χ2v) is 4.66. The van der Waals surface area contributed by atoms with E-state index in [2.05, 4.69) is 20.3 Å². The summed E-state index contributed by atoms with van der Waals surface area (Å²) in [5, 5.41) is 3.03. The van der Waals surface area contributed by atoms with E-state index < -0.39 is 0 Å². The minimum Gasteiger partial charge on any atom is -0.373 e. The lowest BCUT2D eigenvalue weighted by Crippen LogP contribution is -2.07. The third-order valence-electron chi connectivity index (χ3n) is 2.94. The highest BCUT2D eigenvalue weighted by Crippen LogP contribution is 2.28. The summed E-state index contributed by atoms with van der Waals surface area (Å²) < 4.78 is 13.9. The zero-order valence-electron chi connectivity index (χ0n) is 11.5. The van der Waals surface area contributed by atoms with Crippen molar-refractivity contribution in [3.8, 4) is 11.3 Å². The van der Waals surface area contributed by atoms with Crippen LogP contribution in [0.4, 0.5) is 10.2 Å². The van der Waals surface area contributed by atoms with Gasteiger partial charge in [-0.1, -0.05) is 13.8 Å². The monoisotopic (exact) mass is 260 g/mol. The summed E-state index contributed by atoms with van der Waals surface area (Å²) in [6.45, 7) is 5.90. The molecule has 0 fully saturated rings. The van der Waals surface area contributed by atoms with Gasteiger partial charge in [-0.25, -0.2) is 14.4 Å². The molecule has 0 aromatic carbocycles. The zero-order valence-corrected chi connectivity index (χ0v) is 11.5. The number of anilines is 1. The van der Waals surface area contributed by atoms with Gasteiger partial charge in [0.15, 0.2) is 5.82 Å². The predicted molar refractivity (Wildman–Crippen MR) is 73.6 cm³/mol. The summed E-state index contributed by atoms with van der Waals surface area (Å²) in [6, 6.07) is 1.63. The van der Waals surface area contributed by atoms with E-state index in [1.165, 1.54) is 6.20 Å². The van der Waals surface area contributed by atoms with Gasteiger partial charge >= 0.3 is 0 Å². The molecule has 2 aromatic heterocycles. The highest BCUT2D eigenvalue weighted by atomic mass is 19.1. The number of halogens is 1. The van der Waals surface area contributed by atoms with Crippen LogP contribution in [0.3, 0.4) is 0 Å². The second-order valence-electron chi connectivity index (χ2n) is 4.66. The maximum absolute atomic E-state index is 13.9.